The van der Waals surface area contributed by atoms with Crippen LogP contribution in [0.1, 0.15) is 52.7 Å². The zero-order chi connectivity index (χ0) is 35.9. The molecule has 0 amide bonds. The van der Waals surface area contributed by atoms with Crippen LogP contribution in [-0.4, -0.2) is 110 Å². The van der Waals surface area contributed by atoms with Crippen LogP contribution in [0.4, 0.5) is 0 Å². The van der Waals surface area contributed by atoms with Gasteiger partial charge in [0.25, 0.3) is 0 Å². The Bertz CT molecular complexity index is 1160. The number of hydrogen-bond acceptors (Lipinski definition) is 12. The number of benzene rings is 2. The lowest BCUT2D eigenvalue weighted by atomic mass is 10.2. The van der Waals surface area contributed by atoms with Crippen LogP contribution in [-0.2, 0) is 36.0 Å². The molecule has 0 radical (unpaired) electrons. The van der Waals surface area contributed by atoms with Gasteiger partial charge in [-0.2, -0.15) is 0 Å². The van der Waals surface area contributed by atoms with Gasteiger partial charge in [-0.05, 0) is 88.3 Å². The minimum Gasteiger partial charge on any atom is -0.487 e. The van der Waals surface area contributed by atoms with Gasteiger partial charge in [-0.3, -0.25) is 0 Å². The first-order valence-corrected chi connectivity index (χ1v) is 21.2. The Labute approximate surface area is 300 Å². The van der Waals surface area contributed by atoms with Crippen molar-refractivity contribution in [3.63, 3.8) is 0 Å². The van der Waals surface area contributed by atoms with Crippen LogP contribution >= 0.6 is 0 Å². The van der Waals surface area contributed by atoms with E-state index in [1.54, 1.807) is 0 Å². The van der Waals surface area contributed by atoms with Gasteiger partial charge in [0.2, 0.25) is 0 Å². The van der Waals surface area contributed by atoms with Crippen molar-refractivity contribution in [1.29, 1.82) is 0 Å². The van der Waals surface area contributed by atoms with Gasteiger partial charge in [-0.1, -0.05) is 24.3 Å². The van der Waals surface area contributed by atoms with Gasteiger partial charge in [0.05, 0.1) is 26.4 Å². The van der Waals surface area contributed by atoms with Crippen molar-refractivity contribution in [2.75, 3.05) is 92.5 Å². The summed E-state index contributed by atoms with van der Waals surface area (Å²) in [6.07, 6.45) is 3.88. The molecule has 1 aliphatic heterocycles. The summed E-state index contributed by atoms with van der Waals surface area (Å²) in [5.74, 6) is 2.40. The van der Waals surface area contributed by atoms with E-state index in [4.69, 9.17) is 55.0 Å². The third-order valence-corrected chi connectivity index (χ3v) is 12.2. The van der Waals surface area contributed by atoms with Gasteiger partial charge in [0.15, 0.2) is 23.0 Å². The molecule has 280 valence electrons. The van der Waals surface area contributed by atoms with E-state index in [0.29, 0.717) is 115 Å². The van der Waals surface area contributed by atoms with Crippen LogP contribution in [0.25, 0.3) is 12.2 Å². The first kappa shape index (κ1) is 41.7. The Morgan fingerprint density at radius 1 is 0.440 bits per heavy atom. The van der Waals surface area contributed by atoms with E-state index < -0.39 is 17.6 Å². The van der Waals surface area contributed by atoms with Gasteiger partial charge >= 0.3 is 17.6 Å². The SMILES string of the molecule is CCO[Si](/C=C/c1ccc2c(c1)OCCOCCOc1ccc(/C=C/[Si](OCC)(OCC)OCC)cc1OCCOCCO2)(OCC)OCC. The number of fused-ring (bicyclic) bond motifs is 2. The van der Waals surface area contributed by atoms with Crippen LogP contribution in [0, 0.1) is 0 Å². The van der Waals surface area contributed by atoms with Crippen molar-refractivity contribution in [3.8, 4) is 23.0 Å². The van der Waals surface area contributed by atoms with Crippen molar-refractivity contribution in [1.82, 2.24) is 0 Å². The summed E-state index contributed by atoms with van der Waals surface area (Å²) in [7, 11) is -5.91. The summed E-state index contributed by atoms with van der Waals surface area (Å²) in [5.41, 5.74) is 5.59. The normalized spacial score (nSPS) is 15.6. The van der Waals surface area contributed by atoms with E-state index in [1.165, 1.54) is 0 Å². The quantitative estimate of drug-likeness (QED) is 0.185. The first-order chi connectivity index (χ1) is 24.5. The molecule has 2 aromatic carbocycles. The summed E-state index contributed by atoms with van der Waals surface area (Å²) < 4.78 is 71.7. The zero-order valence-electron chi connectivity index (χ0n) is 30.6. The highest BCUT2D eigenvalue weighted by molar-refractivity contribution is 6.67. The first-order valence-electron chi connectivity index (χ1n) is 17.6. The summed E-state index contributed by atoms with van der Waals surface area (Å²) >= 11 is 0. The van der Waals surface area contributed by atoms with Crippen LogP contribution in [0.15, 0.2) is 47.8 Å². The van der Waals surface area contributed by atoms with E-state index in [1.807, 2.05) is 101 Å². The molecule has 0 aliphatic carbocycles. The highest BCUT2D eigenvalue weighted by Gasteiger charge is 2.38. The second-order valence-electron chi connectivity index (χ2n) is 10.5. The fraction of sp³-hybridized carbons (Fsp3) is 0.556. The molecule has 0 N–H and O–H groups in total. The monoisotopic (exact) mass is 736 g/mol. The molecule has 0 bridgehead atoms. The van der Waals surface area contributed by atoms with Crippen molar-refractivity contribution < 1.29 is 55.0 Å². The van der Waals surface area contributed by atoms with Crippen LogP contribution in [0.3, 0.4) is 0 Å². The fourth-order valence-corrected chi connectivity index (χ4v) is 9.19. The molecule has 50 heavy (non-hydrogen) atoms. The molecule has 1 aliphatic rings. The lowest BCUT2D eigenvalue weighted by molar-refractivity contribution is 0.0640. The molecule has 0 saturated carbocycles. The lowest BCUT2D eigenvalue weighted by Crippen LogP contribution is -2.44. The predicted molar refractivity (Wildman–Crippen MR) is 196 cm³/mol. The van der Waals surface area contributed by atoms with Crippen LogP contribution in [0.5, 0.6) is 23.0 Å². The number of ether oxygens (including phenoxy) is 6. The van der Waals surface area contributed by atoms with Crippen LogP contribution < -0.4 is 18.9 Å². The van der Waals surface area contributed by atoms with Crippen molar-refractivity contribution in [3.05, 3.63) is 58.9 Å². The maximum atomic E-state index is 6.11. The minimum atomic E-state index is -2.96. The fourth-order valence-electron chi connectivity index (χ4n) is 4.91. The third kappa shape index (κ3) is 14.1. The summed E-state index contributed by atoms with van der Waals surface area (Å²) in [6.45, 7) is 17.3. The summed E-state index contributed by atoms with van der Waals surface area (Å²) in [6, 6.07) is 11.5. The molecule has 1 heterocycles. The van der Waals surface area contributed by atoms with Gasteiger partial charge < -0.3 is 55.0 Å². The second kappa shape index (κ2) is 23.7. The average Bonchev–Trinajstić information content (AvgIpc) is 3.10. The molecule has 3 rings (SSSR count). The maximum absolute atomic E-state index is 6.11. The number of hydrogen-bond donors (Lipinski definition) is 0. The van der Waals surface area contributed by atoms with Gasteiger partial charge in [-0.25, -0.2) is 0 Å². The highest BCUT2D eigenvalue weighted by atomic mass is 28.4. The Kier molecular flexibility index (Phi) is 19.7. The lowest BCUT2D eigenvalue weighted by Gasteiger charge is -2.25. The predicted octanol–water partition coefficient (Wildman–Crippen LogP) is 6.15. The van der Waals surface area contributed by atoms with Crippen molar-refractivity contribution in [2.45, 2.75) is 41.5 Å². The Hall–Kier alpha value is -2.77. The average molecular weight is 737 g/mol. The molecule has 12 nitrogen and oxygen atoms in total. The van der Waals surface area contributed by atoms with Crippen molar-refractivity contribution in [2.24, 2.45) is 0 Å². The number of rotatable bonds is 16. The molecule has 0 unspecified atom stereocenters. The van der Waals surface area contributed by atoms with E-state index in [2.05, 4.69) is 0 Å². The molecule has 0 aromatic heterocycles. The van der Waals surface area contributed by atoms with Gasteiger partial charge in [0, 0.05) is 39.6 Å². The zero-order valence-corrected chi connectivity index (χ0v) is 32.6. The molecule has 2 aromatic rings. The van der Waals surface area contributed by atoms with E-state index in [9.17, 15) is 0 Å². The Morgan fingerprint density at radius 3 is 1.04 bits per heavy atom. The highest BCUT2D eigenvalue weighted by Crippen LogP contribution is 2.31. The molecule has 0 saturated heterocycles. The second-order valence-corrected chi connectivity index (χ2v) is 15.3. The molecular formula is C36H56O12Si2. The van der Waals surface area contributed by atoms with E-state index in [-0.39, 0.29) is 0 Å². The summed E-state index contributed by atoms with van der Waals surface area (Å²) in [4.78, 5) is 0. The van der Waals surface area contributed by atoms with E-state index in [0.717, 1.165) is 11.1 Å². The standard InChI is InChI=1S/C36H56O12Si2/c1-7-43-49(44-8-2,45-9-3)27-17-31-13-15-33-35(29-31)41-25-21-37-20-24-40-34-16-14-32(30-36(34)42-26-22-38-19-23-39-33)18-28-50(46-10-4,47-11-5)48-12-6/h13-18,27-30H,7-12,19-26H2,1-6H3/b27-17+,28-18+. The van der Waals surface area contributed by atoms with Crippen LogP contribution in [0.2, 0.25) is 0 Å². The molecular weight excluding hydrogens is 681 g/mol. The van der Waals surface area contributed by atoms with Gasteiger partial charge in [0.1, 0.15) is 26.4 Å². The minimum absolute atomic E-state index is 0.320. The topological polar surface area (TPSA) is 111 Å². The van der Waals surface area contributed by atoms with Crippen molar-refractivity contribution >= 4 is 29.8 Å². The summed E-state index contributed by atoms with van der Waals surface area (Å²) in [5, 5.41) is 0. The molecule has 0 fully saturated rings. The molecule has 0 spiro atoms. The largest absolute Gasteiger partial charge is 0.529 e. The smallest absolute Gasteiger partial charge is 0.487 e. The molecule has 0 atom stereocenters. The Morgan fingerprint density at radius 2 is 0.740 bits per heavy atom. The van der Waals surface area contributed by atoms with Gasteiger partial charge in [-0.15, -0.1) is 0 Å². The molecule has 14 heteroatoms. The van der Waals surface area contributed by atoms with E-state index >= 15 is 0 Å². The Balaban J connectivity index is 1.68. The third-order valence-electron chi connectivity index (χ3n) is 6.91. The maximum Gasteiger partial charge on any atom is 0.529 e.